The smallest absolute Gasteiger partial charge is 0.224 e. The highest BCUT2D eigenvalue weighted by Gasteiger charge is 2.08. The van der Waals surface area contributed by atoms with Gasteiger partial charge in [-0.05, 0) is 24.3 Å². The van der Waals surface area contributed by atoms with E-state index in [1.807, 2.05) is 24.3 Å². The molecule has 13 nitrogen and oxygen atoms in total. The third kappa shape index (κ3) is 4.24. The summed E-state index contributed by atoms with van der Waals surface area (Å²) in [6, 6.07) is 7.49. The van der Waals surface area contributed by atoms with Crippen LogP contribution >= 0.6 is 0 Å². The van der Waals surface area contributed by atoms with Gasteiger partial charge >= 0.3 is 0 Å². The zero-order valence-electron chi connectivity index (χ0n) is 15.9. The number of benzene rings is 1. The minimum absolute atomic E-state index is 0.0317. The highest BCUT2D eigenvalue weighted by Crippen LogP contribution is 2.23. The van der Waals surface area contributed by atoms with Crippen molar-refractivity contribution in [2.24, 2.45) is 0 Å². The number of ether oxygens (including phenoxy) is 1. The number of methoxy groups -OCH3 is 1. The van der Waals surface area contributed by atoms with Gasteiger partial charge in [-0.1, -0.05) is 0 Å². The van der Waals surface area contributed by atoms with E-state index in [2.05, 4.69) is 29.9 Å². The SMILES string of the molecule is COc1ccc(-c2cnc3c(N)nc(N)nc3n2)cc1.Nc1nc(N)c(N)c(N)n1. The van der Waals surface area contributed by atoms with Crippen LogP contribution in [0, 0.1) is 0 Å². The molecule has 1 aromatic carbocycles. The molecule has 0 aliphatic carbocycles. The predicted octanol–water partition coefficient (Wildman–Crippen LogP) is 0.0652. The normalized spacial score (nSPS) is 10.3. The molecule has 12 N–H and O–H groups in total. The molecule has 0 aliphatic heterocycles. The number of fused-ring (bicyclic) bond motifs is 1. The Morgan fingerprint density at radius 3 is 1.87 bits per heavy atom. The lowest BCUT2D eigenvalue weighted by Gasteiger charge is -2.05. The number of hydrogen-bond acceptors (Lipinski definition) is 13. The first-order valence-corrected chi connectivity index (χ1v) is 8.42. The molecule has 3 aromatic heterocycles. The second kappa shape index (κ2) is 8.14. The highest BCUT2D eigenvalue weighted by molar-refractivity contribution is 5.83. The second-order valence-electron chi connectivity index (χ2n) is 5.89. The summed E-state index contributed by atoms with van der Waals surface area (Å²) in [4.78, 5) is 23.7. The average Bonchev–Trinajstić information content (AvgIpc) is 2.72. The van der Waals surface area contributed by atoms with Crippen LogP contribution < -0.4 is 39.1 Å². The number of rotatable bonds is 2. The fourth-order valence-corrected chi connectivity index (χ4v) is 2.37. The Hall–Kier alpha value is -4.68. The minimum atomic E-state index is 0.0317. The first-order chi connectivity index (χ1) is 14.3. The van der Waals surface area contributed by atoms with Gasteiger partial charge in [0, 0.05) is 5.56 Å². The van der Waals surface area contributed by atoms with E-state index in [-0.39, 0.29) is 35.0 Å². The summed E-state index contributed by atoms with van der Waals surface area (Å²) >= 11 is 0. The van der Waals surface area contributed by atoms with E-state index in [0.29, 0.717) is 16.9 Å². The summed E-state index contributed by atoms with van der Waals surface area (Å²) < 4.78 is 5.12. The fourth-order valence-electron chi connectivity index (χ4n) is 2.37. The van der Waals surface area contributed by atoms with Gasteiger partial charge in [-0.25, -0.2) is 9.97 Å². The number of nitrogen functional groups attached to an aromatic ring is 6. The van der Waals surface area contributed by atoms with Gasteiger partial charge in [-0.2, -0.15) is 19.9 Å². The Bertz CT molecular complexity index is 1170. The van der Waals surface area contributed by atoms with Gasteiger partial charge in [0.05, 0.1) is 19.0 Å². The van der Waals surface area contributed by atoms with E-state index in [1.54, 1.807) is 13.3 Å². The standard InChI is InChI=1S/C13H12N6O.C4H8N6/c1-20-8-4-2-7(3-5-8)9-6-16-10-11(14)18-13(15)19-12(10)17-9;5-1-2(6)9-4(8)10-3(1)7/h2-6H,1H3,(H4,14,15,17,18,19);5H2,(H6,6,7,8,9,10). The maximum absolute atomic E-state index is 5.73. The Morgan fingerprint density at radius 2 is 1.27 bits per heavy atom. The van der Waals surface area contributed by atoms with E-state index in [1.165, 1.54) is 0 Å². The van der Waals surface area contributed by atoms with Crippen molar-refractivity contribution < 1.29 is 4.74 Å². The number of aromatic nitrogens is 6. The number of nitrogens with zero attached hydrogens (tertiary/aromatic N) is 6. The lowest BCUT2D eigenvalue weighted by atomic mass is 10.1. The molecule has 0 unspecified atom stereocenters. The van der Waals surface area contributed by atoms with Gasteiger partial charge < -0.3 is 39.1 Å². The van der Waals surface area contributed by atoms with E-state index in [0.717, 1.165) is 11.3 Å². The summed E-state index contributed by atoms with van der Waals surface area (Å²) in [6.45, 7) is 0. The van der Waals surface area contributed by atoms with Crippen molar-refractivity contribution in [1.82, 2.24) is 29.9 Å². The van der Waals surface area contributed by atoms with Crippen LogP contribution in [0.3, 0.4) is 0 Å². The third-order valence-corrected chi connectivity index (χ3v) is 3.86. The molecule has 0 bridgehead atoms. The van der Waals surface area contributed by atoms with E-state index >= 15 is 0 Å². The number of anilines is 6. The van der Waals surface area contributed by atoms with Crippen molar-refractivity contribution in [1.29, 1.82) is 0 Å². The first-order valence-electron chi connectivity index (χ1n) is 8.42. The van der Waals surface area contributed by atoms with E-state index < -0.39 is 0 Å². The number of nitrogens with two attached hydrogens (primary N) is 6. The van der Waals surface area contributed by atoms with Crippen LogP contribution in [0.25, 0.3) is 22.4 Å². The van der Waals surface area contributed by atoms with Gasteiger partial charge in [0.1, 0.15) is 17.0 Å². The lowest BCUT2D eigenvalue weighted by Crippen LogP contribution is -2.07. The van der Waals surface area contributed by atoms with Crippen molar-refractivity contribution in [3.05, 3.63) is 30.5 Å². The molecule has 0 saturated heterocycles. The summed E-state index contributed by atoms with van der Waals surface area (Å²) in [5.41, 5.74) is 35.0. The van der Waals surface area contributed by atoms with Crippen LogP contribution in [0.2, 0.25) is 0 Å². The molecule has 3 heterocycles. The Labute approximate surface area is 170 Å². The molecule has 4 aromatic rings. The van der Waals surface area contributed by atoms with Crippen molar-refractivity contribution in [2.75, 3.05) is 41.5 Å². The molecule has 0 spiro atoms. The van der Waals surface area contributed by atoms with E-state index in [4.69, 9.17) is 39.1 Å². The maximum Gasteiger partial charge on any atom is 0.224 e. The molecule has 30 heavy (non-hydrogen) atoms. The van der Waals surface area contributed by atoms with E-state index in [9.17, 15) is 0 Å². The van der Waals surface area contributed by atoms with Gasteiger partial charge in [0.2, 0.25) is 11.9 Å². The Morgan fingerprint density at radius 1 is 0.700 bits per heavy atom. The monoisotopic (exact) mass is 408 g/mol. The van der Waals surface area contributed by atoms with Crippen molar-refractivity contribution in [3.8, 4) is 17.0 Å². The van der Waals surface area contributed by atoms with Gasteiger partial charge in [-0.3, -0.25) is 0 Å². The highest BCUT2D eigenvalue weighted by atomic mass is 16.5. The molecule has 0 fully saturated rings. The zero-order valence-corrected chi connectivity index (χ0v) is 15.9. The predicted molar refractivity (Wildman–Crippen MR) is 116 cm³/mol. The topological polar surface area (TPSA) is 243 Å². The van der Waals surface area contributed by atoms with Crippen LogP contribution in [0.15, 0.2) is 30.5 Å². The van der Waals surface area contributed by atoms with Crippen LogP contribution in [0.4, 0.5) is 35.0 Å². The summed E-state index contributed by atoms with van der Waals surface area (Å²) in [5, 5.41) is 0. The Balaban J connectivity index is 0.000000216. The zero-order chi connectivity index (χ0) is 21.8. The molecule has 0 saturated carbocycles. The second-order valence-corrected chi connectivity index (χ2v) is 5.89. The molecular formula is C17H20N12O. The maximum atomic E-state index is 5.73. The summed E-state index contributed by atoms with van der Waals surface area (Å²) in [6.07, 6.45) is 1.63. The molecule has 0 amide bonds. The first kappa shape index (κ1) is 20.1. The van der Waals surface area contributed by atoms with Crippen LogP contribution in [0.1, 0.15) is 0 Å². The van der Waals surface area contributed by atoms with Gasteiger partial charge in [-0.15, -0.1) is 0 Å². The van der Waals surface area contributed by atoms with Gasteiger partial charge in [0.25, 0.3) is 0 Å². The molecule has 0 atom stereocenters. The van der Waals surface area contributed by atoms with Crippen molar-refractivity contribution in [3.63, 3.8) is 0 Å². The summed E-state index contributed by atoms with van der Waals surface area (Å²) in [7, 11) is 1.62. The summed E-state index contributed by atoms with van der Waals surface area (Å²) in [5.74, 6) is 1.34. The molecule has 0 aliphatic rings. The van der Waals surface area contributed by atoms with Gasteiger partial charge in [0.15, 0.2) is 23.1 Å². The fraction of sp³-hybridized carbons (Fsp3) is 0.0588. The molecular weight excluding hydrogens is 388 g/mol. The molecule has 0 radical (unpaired) electrons. The van der Waals surface area contributed by atoms with Crippen molar-refractivity contribution >= 4 is 46.2 Å². The van der Waals surface area contributed by atoms with Crippen LogP contribution in [-0.4, -0.2) is 37.0 Å². The largest absolute Gasteiger partial charge is 0.497 e. The average molecular weight is 408 g/mol. The number of hydrogen-bond donors (Lipinski definition) is 6. The molecule has 13 heteroatoms. The Kier molecular flexibility index (Phi) is 5.44. The quantitative estimate of drug-likeness (QED) is 0.257. The lowest BCUT2D eigenvalue weighted by molar-refractivity contribution is 0.415. The molecule has 4 rings (SSSR count). The van der Waals surface area contributed by atoms with Crippen molar-refractivity contribution in [2.45, 2.75) is 0 Å². The molecule has 154 valence electrons. The minimum Gasteiger partial charge on any atom is -0.497 e. The third-order valence-electron chi connectivity index (χ3n) is 3.86. The van der Waals surface area contributed by atoms with Crippen LogP contribution in [0.5, 0.6) is 5.75 Å². The van der Waals surface area contributed by atoms with Crippen LogP contribution in [-0.2, 0) is 0 Å².